The molecule has 9 heteroatoms. The summed E-state index contributed by atoms with van der Waals surface area (Å²) < 4.78 is 23.6. The fourth-order valence-electron chi connectivity index (χ4n) is 8.16. The fourth-order valence-corrected chi connectivity index (χ4v) is 8.89. The SMILES string of the molecule is CC/C=C\C/C=C\C/C=C\C/C=C\C/C=C\C/C=C\C/C=C\CCCCCCCCCCCCCCCCCCCCCC(=O)NC(COP(=O)(O)OCC[N+](C)(C)C)C(O)/C=C/CC/C=C/CC/C=C/CCCC. The van der Waals surface area contributed by atoms with E-state index in [1.54, 1.807) is 6.08 Å². The van der Waals surface area contributed by atoms with E-state index in [-0.39, 0.29) is 19.1 Å². The van der Waals surface area contributed by atoms with Gasteiger partial charge in [-0.3, -0.25) is 13.8 Å². The molecule has 75 heavy (non-hydrogen) atoms. The van der Waals surface area contributed by atoms with Gasteiger partial charge >= 0.3 is 7.82 Å². The van der Waals surface area contributed by atoms with E-state index in [1.807, 2.05) is 27.2 Å². The maximum absolute atomic E-state index is 12.9. The molecule has 0 rings (SSSR count). The molecule has 0 aromatic carbocycles. The number of nitrogens with one attached hydrogen (secondary N) is 1. The van der Waals surface area contributed by atoms with Crippen molar-refractivity contribution in [3.63, 3.8) is 0 Å². The topological polar surface area (TPSA) is 105 Å². The van der Waals surface area contributed by atoms with Crippen LogP contribution < -0.4 is 5.32 Å². The van der Waals surface area contributed by atoms with Crippen LogP contribution >= 0.6 is 7.82 Å². The Balaban J connectivity index is 3.95. The molecule has 0 aromatic heterocycles. The van der Waals surface area contributed by atoms with Gasteiger partial charge in [0.25, 0.3) is 0 Å². The van der Waals surface area contributed by atoms with Crippen molar-refractivity contribution in [3.05, 3.63) is 122 Å². The maximum Gasteiger partial charge on any atom is 0.472 e. The van der Waals surface area contributed by atoms with Crippen molar-refractivity contribution in [1.29, 1.82) is 0 Å². The third-order valence-corrected chi connectivity index (χ3v) is 13.9. The number of nitrogens with zero attached hydrogens (tertiary/aromatic N) is 1. The summed E-state index contributed by atoms with van der Waals surface area (Å²) in [7, 11) is 1.54. The Morgan fingerprint density at radius 3 is 1.23 bits per heavy atom. The van der Waals surface area contributed by atoms with E-state index in [0.29, 0.717) is 17.4 Å². The first kappa shape index (κ1) is 71.9. The zero-order valence-electron chi connectivity index (χ0n) is 49.0. The van der Waals surface area contributed by atoms with Crippen molar-refractivity contribution in [2.24, 2.45) is 0 Å². The molecule has 0 aliphatic carbocycles. The van der Waals surface area contributed by atoms with Crippen LogP contribution in [0.5, 0.6) is 0 Å². The molecule has 0 spiro atoms. The number of quaternary nitrogens is 1. The number of carbonyl (C=O) groups is 1. The van der Waals surface area contributed by atoms with Gasteiger partial charge in [0.2, 0.25) is 5.91 Å². The number of allylic oxidation sites excluding steroid dienone is 19. The molecular weight excluding hydrogens is 948 g/mol. The fraction of sp³-hybridized carbons (Fsp3) is 0.682. The lowest BCUT2D eigenvalue weighted by Gasteiger charge is -2.25. The monoisotopic (exact) mass is 1060 g/mol. The molecule has 0 heterocycles. The van der Waals surface area contributed by atoms with Gasteiger partial charge in [-0.25, -0.2) is 4.57 Å². The minimum absolute atomic E-state index is 0.0500. The first-order chi connectivity index (χ1) is 36.5. The Morgan fingerprint density at radius 2 is 0.813 bits per heavy atom. The molecule has 0 aliphatic rings. The minimum Gasteiger partial charge on any atom is -0.387 e. The van der Waals surface area contributed by atoms with Crippen molar-refractivity contribution < 1.29 is 32.9 Å². The van der Waals surface area contributed by atoms with Crippen LogP contribution in [0.15, 0.2) is 122 Å². The van der Waals surface area contributed by atoms with E-state index in [2.05, 4.69) is 129 Å². The van der Waals surface area contributed by atoms with Crippen LogP contribution in [-0.2, 0) is 18.4 Å². The normalized spacial score (nSPS) is 14.7. The number of aliphatic hydroxyl groups excluding tert-OH is 1. The number of likely N-dealkylation sites (N-methyl/N-ethyl adjacent to an activating group) is 1. The number of phosphoric ester groups is 1. The molecule has 0 fully saturated rings. The van der Waals surface area contributed by atoms with Gasteiger partial charge in [-0.05, 0) is 96.3 Å². The van der Waals surface area contributed by atoms with Gasteiger partial charge in [0.05, 0.1) is 39.9 Å². The first-order valence-electron chi connectivity index (χ1n) is 30.4. The number of carbonyl (C=O) groups excluding carboxylic acids is 1. The smallest absolute Gasteiger partial charge is 0.387 e. The summed E-state index contributed by atoms with van der Waals surface area (Å²) in [6.07, 6.45) is 83.4. The van der Waals surface area contributed by atoms with E-state index in [1.165, 1.54) is 122 Å². The number of hydrogen-bond donors (Lipinski definition) is 3. The molecular formula is C66H116N2O6P+. The van der Waals surface area contributed by atoms with E-state index in [4.69, 9.17) is 9.05 Å². The molecule has 0 saturated carbocycles. The zero-order chi connectivity index (χ0) is 54.9. The van der Waals surface area contributed by atoms with Gasteiger partial charge in [0.1, 0.15) is 13.2 Å². The Hall–Kier alpha value is -3.10. The Kier molecular flexibility index (Phi) is 53.3. The Bertz CT molecular complexity index is 1630. The minimum atomic E-state index is -4.36. The van der Waals surface area contributed by atoms with Crippen molar-refractivity contribution in [3.8, 4) is 0 Å². The van der Waals surface area contributed by atoms with Gasteiger partial charge in [-0.15, -0.1) is 0 Å². The Labute approximate surface area is 463 Å². The second-order valence-corrected chi connectivity index (χ2v) is 22.8. The summed E-state index contributed by atoms with van der Waals surface area (Å²) in [4.78, 5) is 23.2. The average Bonchev–Trinajstić information content (AvgIpc) is 3.37. The van der Waals surface area contributed by atoms with Crippen molar-refractivity contribution in [1.82, 2.24) is 5.32 Å². The number of amides is 1. The molecule has 0 bridgehead atoms. The number of hydrogen-bond acceptors (Lipinski definition) is 5. The van der Waals surface area contributed by atoms with Crippen LogP contribution in [0.25, 0.3) is 0 Å². The third-order valence-electron chi connectivity index (χ3n) is 12.9. The van der Waals surface area contributed by atoms with E-state index < -0.39 is 20.0 Å². The highest BCUT2D eigenvalue weighted by atomic mass is 31.2. The van der Waals surface area contributed by atoms with Crippen molar-refractivity contribution in [2.45, 2.75) is 251 Å². The lowest BCUT2D eigenvalue weighted by molar-refractivity contribution is -0.870. The van der Waals surface area contributed by atoms with Gasteiger partial charge in [0, 0.05) is 6.42 Å². The molecule has 430 valence electrons. The van der Waals surface area contributed by atoms with Gasteiger partial charge in [-0.1, -0.05) is 257 Å². The standard InChI is InChI=1S/C66H115N2O6P/c1-6-8-10-12-14-16-18-20-21-22-23-24-25-26-27-28-29-30-31-32-33-34-35-36-37-38-39-40-41-42-43-44-45-46-47-48-50-52-54-56-58-60-66(70)67-64(63-74-75(71,72)73-62-61-68(3,4)5)65(69)59-57-55-53-51-49-19-17-15-13-11-9-7-2/h8,10,13-16,20-21,23-24,26-27,29-30,32-33,49,51,57,59,64-65,69H,6-7,9,11-12,17-19,22,25,28,31,34-48,50,52-56,58,60-63H2,1-5H3,(H-,67,70,71,72)/p+1/b10-8-,15-13+,16-14-,21-20-,24-23-,27-26-,30-29-,33-32-,51-49+,59-57+. The molecule has 3 N–H and O–H groups in total. The summed E-state index contributed by atoms with van der Waals surface area (Å²) in [5.74, 6) is -0.194. The quantitative estimate of drug-likeness (QED) is 0.0243. The lowest BCUT2D eigenvalue weighted by atomic mass is 10.0. The van der Waals surface area contributed by atoms with Crippen LogP contribution in [-0.4, -0.2) is 73.4 Å². The summed E-state index contributed by atoms with van der Waals surface area (Å²) >= 11 is 0. The van der Waals surface area contributed by atoms with Crippen LogP contribution in [0.1, 0.15) is 239 Å². The van der Waals surface area contributed by atoms with Gasteiger partial charge in [-0.2, -0.15) is 0 Å². The van der Waals surface area contributed by atoms with Crippen LogP contribution in [0.2, 0.25) is 0 Å². The summed E-state index contributed by atoms with van der Waals surface area (Å²) in [6.45, 7) is 4.61. The maximum atomic E-state index is 12.9. The molecule has 3 atom stereocenters. The average molecular weight is 1060 g/mol. The van der Waals surface area contributed by atoms with Gasteiger partial charge in [0.15, 0.2) is 0 Å². The lowest BCUT2D eigenvalue weighted by Crippen LogP contribution is -2.45. The highest BCUT2D eigenvalue weighted by Gasteiger charge is 2.27. The number of rotatable bonds is 54. The molecule has 0 aromatic rings. The highest BCUT2D eigenvalue weighted by Crippen LogP contribution is 2.43. The van der Waals surface area contributed by atoms with Gasteiger partial charge < -0.3 is 19.8 Å². The molecule has 0 aliphatic heterocycles. The highest BCUT2D eigenvalue weighted by molar-refractivity contribution is 7.47. The Morgan fingerprint density at radius 1 is 0.467 bits per heavy atom. The molecule has 3 unspecified atom stereocenters. The second kappa shape index (κ2) is 55.6. The van der Waals surface area contributed by atoms with E-state index >= 15 is 0 Å². The predicted molar refractivity (Wildman–Crippen MR) is 327 cm³/mol. The van der Waals surface area contributed by atoms with E-state index in [0.717, 1.165) is 96.3 Å². The summed E-state index contributed by atoms with van der Waals surface area (Å²) in [6, 6.07) is -0.873. The zero-order valence-corrected chi connectivity index (χ0v) is 49.9. The molecule has 0 saturated heterocycles. The van der Waals surface area contributed by atoms with Crippen LogP contribution in [0.4, 0.5) is 0 Å². The predicted octanol–water partition coefficient (Wildman–Crippen LogP) is 18.9. The van der Waals surface area contributed by atoms with Crippen molar-refractivity contribution >= 4 is 13.7 Å². The number of phosphoric acid groups is 1. The second-order valence-electron chi connectivity index (χ2n) is 21.3. The first-order valence-corrected chi connectivity index (χ1v) is 31.9. The number of aliphatic hydroxyl groups is 1. The summed E-state index contributed by atoms with van der Waals surface area (Å²) in [5, 5.41) is 13.8. The molecule has 0 radical (unpaired) electrons. The third kappa shape index (κ3) is 58.4. The largest absolute Gasteiger partial charge is 0.472 e. The van der Waals surface area contributed by atoms with E-state index in [9.17, 15) is 19.4 Å². The van der Waals surface area contributed by atoms with Crippen molar-refractivity contribution in [2.75, 3.05) is 40.9 Å². The number of unbranched alkanes of at least 4 members (excludes halogenated alkanes) is 23. The summed E-state index contributed by atoms with van der Waals surface area (Å²) in [5.41, 5.74) is 0. The molecule has 1 amide bonds. The van der Waals surface area contributed by atoms with Crippen LogP contribution in [0.3, 0.4) is 0 Å². The molecule has 8 nitrogen and oxygen atoms in total. The van der Waals surface area contributed by atoms with Crippen LogP contribution in [0, 0.1) is 0 Å².